The van der Waals surface area contributed by atoms with E-state index in [4.69, 9.17) is 10.5 Å². The Balaban J connectivity index is 0.00000361. The predicted molar refractivity (Wildman–Crippen MR) is 77.5 cm³/mol. The van der Waals surface area contributed by atoms with Gasteiger partial charge in [0.15, 0.2) is 5.75 Å². The van der Waals surface area contributed by atoms with Gasteiger partial charge in [-0.05, 0) is 26.0 Å². The minimum Gasteiger partial charge on any atom is -0.490 e. The Morgan fingerprint density at radius 3 is 2.55 bits per heavy atom. The van der Waals surface area contributed by atoms with Gasteiger partial charge in [0.25, 0.3) is 5.91 Å². The van der Waals surface area contributed by atoms with Crippen molar-refractivity contribution in [3.05, 3.63) is 33.9 Å². The first kappa shape index (κ1) is 18.1. The maximum absolute atomic E-state index is 12.0. The number of hydrogen-bond acceptors (Lipinski definition) is 5. The number of methoxy groups -OCH3 is 1. The summed E-state index contributed by atoms with van der Waals surface area (Å²) in [7, 11) is 1.33. The summed E-state index contributed by atoms with van der Waals surface area (Å²) in [5, 5.41) is 13.6. The minimum absolute atomic E-state index is 0. The van der Waals surface area contributed by atoms with Crippen LogP contribution in [0.4, 0.5) is 5.69 Å². The maximum Gasteiger partial charge on any atom is 0.311 e. The summed E-state index contributed by atoms with van der Waals surface area (Å²) < 4.78 is 4.87. The Morgan fingerprint density at radius 2 is 2.10 bits per heavy atom. The van der Waals surface area contributed by atoms with E-state index in [9.17, 15) is 14.9 Å². The summed E-state index contributed by atoms with van der Waals surface area (Å²) in [6, 6.07) is 4.04. The Kier molecular flexibility index (Phi) is 6.41. The molecule has 0 spiro atoms. The zero-order valence-electron chi connectivity index (χ0n) is 11.5. The number of halogens is 1. The molecule has 0 radical (unpaired) electrons. The average molecular weight is 304 g/mol. The number of nitrogens with two attached hydrogens (primary N) is 1. The first-order valence-electron chi connectivity index (χ1n) is 5.66. The molecule has 112 valence electrons. The van der Waals surface area contributed by atoms with Gasteiger partial charge in [-0.2, -0.15) is 0 Å². The molecule has 1 aromatic carbocycles. The number of carbonyl (C=O) groups is 1. The number of ether oxygens (including phenoxy) is 1. The van der Waals surface area contributed by atoms with Gasteiger partial charge in [0, 0.05) is 23.7 Å². The molecule has 0 aliphatic heterocycles. The average Bonchev–Trinajstić information content (AvgIpc) is 2.37. The van der Waals surface area contributed by atoms with E-state index in [1.807, 2.05) is 0 Å². The summed E-state index contributed by atoms with van der Waals surface area (Å²) in [5.41, 5.74) is 4.88. The van der Waals surface area contributed by atoms with Gasteiger partial charge < -0.3 is 15.8 Å². The third-order valence-electron chi connectivity index (χ3n) is 2.60. The summed E-state index contributed by atoms with van der Waals surface area (Å²) in [4.78, 5) is 22.2. The van der Waals surface area contributed by atoms with Gasteiger partial charge in [0.2, 0.25) is 0 Å². The van der Waals surface area contributed by atoms with E-state index in [1.54, 1.807) is 13.8 Å². The van der Waals surface area contributed by atoms with Gasteiger partial charge in [0.1, 0.15) is 0 Å². The largest absolute Gasteiger partial charge is 0.490 e. The van der Waals surface area contributed by atoms with Crippen LogP contribution in [0.1, 0.15) is 24.2 Å². The third kappa shape index (κ3) is 4.36. The van der Waals surface area contributed by atoms with Crippen molar-refractivity contribution < 1.29 is 14.5 Å². The monoisotopic (exact) mass is 303 g/mol. The number of carbonyl (C=O) groups excluding carboxylic acids is 1. The molecule has 3 N–H and O–H groups in total. The standard InChI is InChI=1S/C12H17N3O4.ClH/c1-12(2,7-13)14-11(16)8-4-5-10(19-3)9(6-8)15(17)18;/h4-6H,7,13H2,1-3H3,(H,14,16);1H. The molecule has 0 saturated heterocycles. The summed E-state index contributed by atoms with van der Waals surface area (Å²) in [5.74, 6) is -0.305. The molecule has 20 heavy (non-hydrogen) atoms. The van der Waals surface area contributed by atoms with Crippen molar-refractivity contribution in [2.75, 3.05) is 13.7 Å². The van der Waals surface area contributed by atoms with Gasteiger partial charge in [-0.25, -0.2) is 0 Å². The second-order valence-electron chi connectivity index (χ2n) is 4.69. The fraction of sp³-hybridized carbons (Fsp3) is 0.417. The number of nitro benzene ring substituents is 1. The van der Waals surface area contributed by atoms with E-state index in [2.05, 4.69) is 5.32 Å². The van der Waals surface area contributed by atoms with E-state index < -0.39 is 16.4 Å². The lowest BCUT2D eigenvalue weighted by molar-refractivity contribution is -0.385. The van der Waals surface area contributed by atoms with Crippen molar-refractivity contribution >= 4 is 24.0 Å². The van der Waals surface area contributed by atoms with Crippen LogP contribution in [0.25, 0.3) is 0 Å². The van der Waals surface area contributed by atoms with E-state index in [1.165, 1.54) is 25.3 Å². The maximum atomic E-state index is 12.0. The molecule has 0 heterocycles. The molecule has 7 nitrogen and oxygen atoms in total. The van der Waals surface area contributed by atoms with Gasteiger partial charge in [0.05, 0.1) is 12.0 Å². The number of amides is 1. The molecular weight excluding hydrogens is 286 g/mol. The second kappa shape index (κ2) is 7.06. The number of benzene rings is 1. The van der Waals surface area contributed by atoms with Crippen LogP contribution in [0.2, 0.25) is 0 Å². The Hall–Kier alpha value is -1.86. The Morgan fingerprint density at radius 1 is 1.50 bits per heavy atom. The molecule has 8 heteroatoms. The second-order valence-corrected chi connectivity index (χ2v) is 4.69. The highest BCUT2D eigenvalue weighted by Crippen LogP contribution is 2.27. The van der Waals surface area contributed by atoms with Gasteiger partial charge in [-0.15, -0.1) is 12.4 Å². The highest BCUT2D eigenvalue weighted by atomic mass is 35.5. The molecule has 0 aliphatic rings. The summed E-state index contributed by atoms with van der Waals surface area (Å²) in [6.45, 7) is 3.79. The van der Waals surface area contributed by atoms with Crippen LogP contribution in [-0.2, 0) is 0 Å². The minimum atomic E-state index is -0.594. The van der Waals surface area contributed by atoms with Crippen molar-refractivity contribution in [2.24, 2.45) is 5.73 Å². The Bertz CT molecular complexity index is 505. The molecule has 0 bridgehead atoms. The van der Waals surface area contributed by atoms with E-state index in [0.29, 0.717) is 0 Å². The number of nitrogens with zero attached hydrogens (tertiary/aromatic N) is 1. The van der Waals surface area contributed by atoms with Crippen molar-refractivity contribution in [1.82, 2.24) is 5.32 Å². The van der Waals surface area contributed by atoms with E-state index in [0.717, 1.165) is 0 Å². The van der Waals surface area contributed by atoms with Crippen molar-refractivity contribution in [3.8, 4) is 5.75 Å². The molecule has 1 rings (SSSR count). The van der Waals surface area contributed by atoms with E-state index >= 15 is 0 Å². The third-order valence-corrected chi connectivity index (χ3v) is 2.60. The zero-order valence-corrected chi connectivity index (χ0v) is 12.3. The molecule has 0 atom stereocenters. The molecule has 1 aromatic rings. The van der Waals surface area contributed by atoms with Gasteiger partial charge >= 0.3 is 5.69 Å². The smallest absolute Gasteiger partial charge is 0.311 e. The summed E-state index contributed by atoms with van der Waals surface area (Å²) in [6.07, 6.45) is 0. The highest BCUT2D eigenvalue weighted by Gasteiger charge is 2.22. The quantitative estimate of drug-likeness (QED) is 0.633. The number of nitro groups is 1. The Labute approximate surface area is 123 Å². The lowest BCUT2D eigenvalue weighted by Crippen LogP contribution is -2.48. The molecule has 0 aromatic heterocycles. The van der Waals surface area contributed by atoms with Crippen molar-refractivity contribution in [1.29, 1.82) is 0 Å². The van der Waals surface area contributed by atoms with Crippen LogP contribution in [-0.4, -0.2) is 30.0 Å². The van der Waals surface area contributed by atoms with Crippen molar-refractivity contribution in [2.45, 2.75) is 19.4 Å². The number of rotatable bonds is 5. The normalized spacial score (nSPS) is 10.4. The molecule has 0 saturated carbocycles. The molecule has 0 aliphatic carbocycles. The van der Waals surface area contributed by atoms with Crippen LogP contribution >= 0.6 is 12.4 Å². The molecule has 0 unspecified atom stereocenters. The van der Waals surface area contributed by atoms with Crippen LogP contribution in [0.15, 0.2) is 18.2 Å². The zero-order chi connectivity index (χ0) is 14.6. The van der Waals surface area contributed by atoms with Gasteiger partial charge in [-0.1, -0.05) is 0 Å². The van der Waals surface area contributed by atoms with Crippen LogP contribution in [0.5, 0.6) is 5.75 Å². The summed E-state index contributed by atoms with van der Waals surface area (Å²) >= 11 is 0. The predicted octanol–water partition coefficient (Wildman–Crippen LogP) is 1.49. The molecular formula is C12H18ClN3O4. The first-order chi connectivity index (χ1) is 8.80. The lowest BCUT2D eigenvalue weighted by Gasteiger charge is -2.24. The van der Waals surface area contributed by atoms with Crippen LogP contribution in [0, 0.1) is 10.1 Å². The number of nitrogens with one attached hydrogen (secondary N) is 1. The van der Waals surface area contributed by atoms with E-state index in [-0.39, 0.29) is 36.0 Å². The van der Waals surface area contributed by atoms with Gasteiger partial charge in [-0.3, -0.25) is 14.9 Å². The molecule has 0 fully saturated rings. The lowest BCUT2D eigenvalue weighted by atomic mass is 10.0. The molecule has 1 amide bonds. The topological polar surface area (TPSA) is 107 Å². The fourth-order valence-corrected chi connectivity index (χ4v) is 1.40. The fourth-order valence-electron chi connectivity index (χ4n) is 1.40. The highest BCUT2D eigenvalue weighted by molar-refractivity contribution is 5.95. The number of hydrogen-bond donors (Lipinski definition) is 2. The van der Waals surface area contributed by atoms with Crippen LogP contribution < -0.4 is 15.8 Å². The first-order valence-corrected chi connectivity index (χ1v) is 5.66. The SMILES string of the molecule is COc1ccc(C(=O)NC(C)(C)CN)cc1[N+](=O)[O-].Cl. The van der Waals surface area contributed by atoms with Crippen LogP contribution in [0.3, 0.4) is 0 Å². The van der Waals surface area contributed by atoms with Crippen molar-refractivity contribution in [3.63, 3.8) is 0 Å².